The summed E-state index contributed by atoms with van der Waals surface area (Å²) in [6, 6.07) is 7.34. The number of amides is 2. The molecule has 2 amide bonds. The van der Waals surface area contributed by atoms with Gasteiger partial charge >= 0.3 is 0 Å². The van der Waals surface area contributed by atoms with E-state index in [2.05, 4.69) is 26.1 Å². The van der Waals surface area contributed by atoms with E-state index in [-0.39, 0.29) is 29.7 Å². The van der Waals surface area contributed by atoms with Crippen LogP contribution in [0.4, 0.5) is 10.8 Å². The number of rotatable bonds is 9. The molecule has 1 saturated carbocycles. The summed E-state index contributed by atoms with van der Waals surface area (Å²) in [6.07, 6.45) is 6.73. The Bertz CT molecular complexity index is 895. The van der Waals surface area contributed by atoms with E-state index in [4.69, 9.17) is 4.74 Å². The van der Waals surface area contributed by atoms with Gasteiger partial charge in [-0.3, -0.25) is 9.59 Å². The van der Waals surface area contributed by atoms with Crippen molar-refractivity contribution in [1.82, 2.24) is 15.5 Å². The summed E-state index contributed by atoms with van der Waals surface area (Å²) in [5, 5.41) is 18.2. The fourth-order valence-electron chi connectivity index (χ4n) is 3.78. The van der Waals surface area contributed by atoms with Gasteiger partial charge in [0, 0.05) is 19.2 Å². The maximum Gasteiger partial charge on any atom is 0.253 e. The zero-order valence-corrected chi connectivity index (χ0v) is 18.9. The number of benzene rings is 1. The third-order valence-electron chi connectivity index (χ3n) is 5.37. The number of nitrogens with one attached hydrogen (secondary N) is 3. The third kappa shape index (κ3) is 6.41. The van der Waals surface area contributed by atoms with Crippen LogP contribution in [0.25, 0.3) is 0 Å². The van der Waals surface area contributed by atoms with Gasteiger partial charge in [0.25, 0.3) is 5.91 Å². The number of carbonyl (C=O) groups is 2. The molecule has 8 nitrogen and oxygen atoms in total. The van der Waals surface area contributed by atoms with Gasteiger partial charge in [-0.05, 0) is 37.8 Å². The molecule has 0 unspecified atom stereocenters. The van der Waals surface area contributed by atoms with Gasteiger partial charge in [0.2, 0.25) is 11.0 Å². The van der Waals surface area contributed by atoms with Crippen molar-refractivity contribution >= 4 is 45.7 Å². The summed E-state index contributed by atoms with van der Waals surface area (Å²) in [5.41, 5.74) is 1.02. The summed E-state index contributed by atoms with van der Waals surface area (Å²) in [5.74, 6) is -0.129. The van der Waals surface area contributed by atoms with E-state index < -0.39 is 0 Å². The van der Waals surface area contributed by atoms with Crippen molar-refractivity contribution in [3.8, 4) is 0 Å². The molecule has 10 heteroatoms. The predicted molar refractivity (Wildman–Crippen MR) is 123 cm³/mol. The molecule has 0 bridgehead atoms. The minimum atomic E-state index is -0.185. The Morgan fingerprint density at radius 2 is 1.97 bits per heavy atom. The topological polar surface area (TPSA) is 105 Å². The van der Waals surface area contributed by atoms with Crippen molar-refractivity contribution in [2.45, 2.75) is 55.0 Å². The van der Waals surface area contributed by atoms with Gasteiger partial charge in [-0.25, -0.2) is 0 Å². The summed E-state index contributed by atoms with van der Waals surface area (Å²) < 4.78 is 6.31. The average molecular weight is 462 g/mol. The molecule has 2 aliphatic rings. The van der Waals surface area contributed by atoms with E-state index in [0.29, 0.717) is 11.3 Å². The highest BCUT2D eigenvalue weighted by Crippen LogP contribution is 2.26. The lowest BCUT2D eigenvalue weighted by molar-refractivity contribution is -0.113. The van der Waals surface area contributed by atoms with Crippen LogP contribution in [-0.4, -0.2) is 53.1 Å². The molecule has 4 rings (SSSR count). The molecule has 1 aromatic carbocycles. The second-order valence-electron chi connectivity index (χ2n) is 7.73. The smallest absolute Gasteiger partial charge is 0.253 e. The number of aromatic nitrogens is 2. The van der Waals surface area contributed by atoms with Crippen molar-refractivity contribution in [1.29, 1.82) is 0 Å². The van der Waals surface area contributed by atoms with Gasteiger partial charge in [0.05, 0.1) is 23.1 Å². The van der Waals surface area contributed by atoms with E-state index in [1.165, 1.54) is 23.1 Å². The first kappa shape index (κ1) is 22.0. The molecule has 1 aromatic heterocycles. The van der Waals surface area contributed by atoms with Crippen LogP contribution in [0.2, 0.25) is 0 Å². The third-order valence-corrected chi connectivity index (χ3v) is 7.39. The molecular formula is C21H27N5O3S2. The molecule has 1 atom stereocenters. The van der Waals surface area contributed by atoms with Crippen LogP contribution >= 0.6 is 23.1 Å². The molecule has 1 aliphatic heterocycles. The fraction of sp³-hybridized carbons (Fsp3) is 0.524. The van der Waals surface area contributed by atoms with Crippen molar-refractivity contribution in [3.63, 3.8) is 0 Å². The predicted octanol–water partition coefficient (Wildman–Crippen LogP) is 3.53. The number of para-hydroxylation sites is 1. The first-order valence-corrected chi connectivity index (χ1v) is 12.5. The zero-order chi connectivity index (χ0) is 21.5. The maximum absolute atomic E-state index is 12.6. The Morgan fingerprint density at radius 3 is 2.77 bits per heavy atom. The van der Waals surface area contributed by atoms with E-state index in [1.54, 1.807) is 18.2 Å². The molecule has 3 N–H and O–H groups in total. The molecule has 1 aliphatic carbocycles. The minimum absolute atomic E-state index is 0.137. The lowest BCUT2D eigenvalue weighted by Gasteiger charge is -2.14. The van der Waals surface area contributed by atoms with Gasteiger partial charge in [0.15, 0.2) is 4.34 Å². The molecule has 166 valence electrons. The number of hydrogen-bond donors (Lipinski definition) is 3. The molecule has 0 radical (unpaired) electrons. The van der Waals surface area contributed by atoms with Gasteiger partial charge in [-0.15, -0.1) is 10.2 Å². The van der Waals surface area contributed by atoms with Crippen LogP contribution in [0.15, 0.2) is 28.6 Å². The number of anilines is 2. The molecule has 0 spiro atoms. The lowest BCUT2D eigenvalue weighted by Crippen LogP contribution is -2.33. The van der Waals surface area contributed by atoms with E-state index in [0.717, 1.165) is 61.1 Å². The highest BCUT2D eigenvalue weighted by Gasteiger charge is 2.20. The van der Waals surface area contributed by atoms with Crippen LogP contribution in [0, 0.1) is 0 Å². The molecule has 2 aromatic rings. The quantitative estimate of drug-likeness (QED) is 0.491. The fourth-order valence-corrected chi connectivity index (χ4v) is 5.34. The Hall–Kier alpha value is -2.17. The standard InChI is InChI=1S/C21H27N5O3S2/c27-18(13-30-21-26-25-20(31-21)22-12-15-8-5-11-29-15)24-17-10-4-3-9-16(17)19(28)23-14-6-1-2-7-14/h3-4,9-10,14-15H,1-2,5-8,11-13H2,(H,22,25)(H,23,28)(H,24,27)/t15-/m1/s1. The number of nitrogens with zero attached hydrogens (tertiary/aromatic N) is 2. The van der Waals surface area contributed by atoms with E-state index >= 15 is 0 Å². The number of carbonyl (C=O) groups excluding carboxylic acids is 2. The minimum Gasteiger partial charge on any atom is -0.376 e. The van der Waals surface area contributed by atoms with Crippen molar-refractivity contribution in [2.24, 2.45) is 0 Å². The Morgan fingerprint density at radius 1 is 1.13 bits per heavy atom. The lowest BCUT2D eigenvalue weighted by atomic mass is 10.1. The second kappa shape index (κ2) is 10.9. The monoisotopic (exact) mass is 461 g/mol. The molecule has 31 heavy (non-hydrogen) atoms. The Kier molecular flexibility index (Phi) is 7.76. The first-order valence-electron chi connectivity index (χ1n) is 10.7. The Labute approximate surface area is 189 Å². The van der Waals surface area contributed by atoms with Gasteiger partial charge in [-0.2, -0.15) is 0 Å². The van der Waals surface area contributed by atoms with E-state index in [1.807, 2.05) is 6.07 Å². The average Bonchev–Trinajstić information content (AvgIpc) is 3.54. The number of thioether (sulfide) groups is 1. The normalized spacial score (nSPS) is 18.8. The highest BCUT2D eigenvalue weighted by atomic mass is 32.2. The largest absolute Gasteiger partial charge is 0.376 e. The molecule has 1 saturated heterocycles. The van der Waals surface area contributed by atoms with Crippen LogP contribution in [0.3, 0.4) is 0 Å². The van der Waals surface area contributed by atoms with Crippen molar-refractivity contribution in [3.05, 3.63) is 29.8 Å². The van der Waals surface area contributed by atoms with Crippen molar-refractivity contribution < 1.29 is 14.3 Å². The van der Waals surface area contributed by atoms with Gasteiger partial charge < -0.3 is 20.7 Å². The second-order valence-corrected chi connectivity index (χ2v) is 9.93. The summed E-state index contributed by atoms with van der Waals surface area (Å²) in [7, 11) is 0. The van der Waals surface area contributed by atoms with Crippen LogP contribution < -0.4 is 16.0 Å². The van der Waals surface area contributed by atoms with Gasteiger partial charge in [-0.1, -0.05) is 48.1 Å². The van der Waals surface area contributed by atoms with Crippen LogP contribution in [-0.2, 0) is 9.53 Å². The summed E-state index contributed by atoms with van der Waals surface area (Å²) in [4.78, 5) is 25.1. The molecular weight excluding hydrogens is 434 g/mol. The summed E-state index contributed by atoms with van der Waals surface area (Å²) >= 11 is 2.75. The first-order chi connectivity index (χ1) is 15.2. The maximum atomic E-state index is 12.6. The van der Waals surface area contributed by atoms with E-state index in [9.17, 15) is 9.59 Å². The number of hydrogen-bond acceptors (Lipinski definition) is 8. The molecule has 2 fully saturated rings. The highest BCUT2D eigenvalue weighted by molar-refractivity contribution is 8.01. The number of ether oxygens (including phenoxy) is 1. The Balaban J connectivity index is 1.26. The SMILES string of the molecule is O=C(CSc1nnc(NC[C@H]2CCCO2)s1)Nc1ccccc1C(=O)NC1CCCC1. The zero-order valence-electron chi connectivity index (χ0n) is 17.3. The van der Waals surface area contributed by atoms with Gasteiger partial charge in [0.1, 0.15) is 0 Å². The van der Waals surface area contributed by atoms with Crippen LogP contribution in [0.1, 0.15) is 48.9 Å². The van der Waals surface area contributed by atoms with Crippen LogP contribution in [0.5, 0.6) is 0 Å². The van der Waals surface area contributed by atoms with Crippen molar-refractivity contribution in [2.75, 3.05) is 29.5 Å². The molecule has 2 heterocycles. The summed E-state index contributed by atoms with van der Waals surface area (Å²) in [6.45, 7) is 1.55.